The average molecular weight is 449 g/mol. The molecule has 0 unspecified atom stereocenters. The van der Waals surface area contributed by atoms with E-state index in [1.54, 1.807) is 21.7 Å². The van der Waals surface area contributed by atoms with Gasteiger partial charge in [0.1, 0.15) is 0 Å². The fraction of sp³-hybridized carbons (Fsp3) is 0.400. The van der Waals surface area contributed by atoms with Crippen LogP contribution in [0.5, 0.6) is 0 Å². The molecule has 2 fully saturated rings. The first-order valence-corrected chi connectivity index (χ1v) is 11.3. The first-order valence-electron chi connectivity index (χ1n) is 11.3. The number of anilines is 1. The van der Waals surface area contributed by atoms with Gasteiger partial charge in [-0.25, -0.2) is 4.79 Å². The van der Waals surface area contributed by atoms with E-state index in [9.17, 15) is 14.4 Å². The lowest BCUT2D eigenvalue weighted by Gasteiger charge is -2.44. The van der Waals surface area contributed by atoms with E-state index in [0.717, 1.165) is 16.8 Å². The van der Waals surface area contributed by atoms with Crippen LogP contribution in [-0.4, -0.2) is 74.1 Å². The number of benzene rings is 2. The molecule has 8 heteroatoms. The summed E-state index contributed by atoms with van der Waals surface area (Å²) in [6.45, 7) is 2.57. The van der Waals surface area contributed by atoms with Gasteiger partial charge in [-0.05, 0) is 17.2 Å². The molecule has 2 atom stereocenters. The number of nitrogens with zero attached hydrogens (tertiary/aromatic N) is 3. The van der Waals surface area contributed by atoms with Crippen molar-refractivity contribution in [2.45, 2.75) is 12.5 Å². The number of likely N-dealkylation sites (tertiary alicyclic amines) is 1. The van der Waals surface area contributed by atoms with Crippen LogP contribution in [0.4, 0.5) is 10.5 Å². The fourth-order valence-electron chi connectivity index (χ4n) is 5.33. The van der Waals surface area contributed by atoms with E-state index in [1.165, 1.54) is 0 Å². The van der Waals surface area contributed by atoms with Crippen LogP contribution in [0, 0.1) is 5.41 Å². The highest BCUT2D eigenvalue weighted by atomic mass is 16.5. The van der Waals surface area contributed by atoms with Gasteiger partial charge in [-0.3, -0.25) is 9.59 Å². The van der Waals surface area contributed by atoms with Gasteiger partial charge in [0.2, 0.25) is 11.8 Å². The third-order valence-electron chi connectivity index (χ3n) is 7.05. The van der Waals surface area contributed by atoms with E-state index >= 15 is 0 Å². The zero-order valence-electron chi connectivity index (χ0n) is 18.7. The van der Waals surface area contributed by atoms with Gasteiger partial charge >= 0.3 is 6.03 Å². The summed E-state index contributed by atoms with van der Waals surface area (Å²) in [4.78, 5) is 45.8. The topological polar surface area (TPSA) is 82.2 Å². The summed E-state index contributed by atoms with van der Waals surface area (Å²) in [7, 11) is 1.71. The van der Waals surface area contributed by atoms with Crippen molar-refractivity contribution in [1.29, 1.82) is 0 Å². The van der Waals surface area contributed by atoms with Gasteiger partial charge in [0.25, 0.3) is 0 Å². The second-order valence-corrected chi connectivity index (χ2v) is 8.88. The normalized spacial score (nSPS) is 24.3. The van der Waals surface area contributed by atoms with Crippen molar-refractivity contribution < 1.29 is 19.1 Å². The number of amides is 4. The predicted octanol–water partition coefficient (Wildman–Crippen LogP) is 1.82. The number of rotatable bonds is 3. The van der Waals surface area contributed by atoms with Crippen LogP contribution in [-0.2, 0) is 20.9 Å². The molecule has 0 aromatic heterocycles. The quantitative estimate of drug-likeness (QED) is 0.727. The van der Waals surface area contributed by atoms with Crippen LogP contribution in [0.15, 0.2) is 54.6 Å². The van der Waals surface area contributed by atoms with Crippen molar-refractivity contribution in [3.8, 4) is 0 Å². The SMILES string of the molecule is CN1C(=O)[C@@]2(C(=O)N3CCOCC3)CN(C(=O)NCc3ccccc3)C[C@H]2c2ccccc21. The maximum absolute atomic E-state index is 13.9. The third kappa shape index (κ3) is 3.54. The Hall–Kier alpha value is -3.39. The largest absolute Gasteiger partial charge is 0.378 e. The van der Waals surface area contributed by atoms with Crippen molar-refractivity contribution in [3.05, 3.63) is 65.7 Å². The molecule has 3 aliphatic rings. The van der Waals surface area contributed by atoms with Crippen LogP contribution in [0.3, 0.4) is 0 Å². The molecule has 5 rings (SSSR count). The molecule has 2 aromatic carbocycles. The number of ether oxygens (including phenoxy) is 1. The van der Waals surface area contributed by atoms with Gasteiger partial charge in [0.15, 0.2) is 5.41 Å². The first-order chi connectivity index (χ1) is 16.0. The highest BCUT2D eigenvalue weighted by Crippen LogP contribution is 2.52. The number of nitrogens with one attached hydrogen (secondary N) is 1. The molecule has 2 saturated heterocycles. The van der Waals surface area contributed by atoms with E-state index in [4.69, 9.17) is 4.74 Å². The summed E-state index contributed by atoms with van der Waals surface area (Å²) >= 11 is 0. The number of hydrogen-bond donors (Lipinski definition) is 1. The van der Waals surface area contributed by atoms with E-state index < -0.39 is 11.3 Å². The zero-order chi connectivity index (χ0) is 23.0. The Labute approximate surface area is 193 Å². The fourth-order valence-corrected chi connectivity index (χ4v) is 5.33. The molecule has 1 N–H and O–H groups in total. The molecule has 4 amide bonds. The number of hydrogen-bond acceptors (Lipinski definition) is 4. The standard InChI is InChI=1S/C25H28N4O4/c1-27-21-10-6-5-9-19(21)20-16-29(24(32)26-15-18-7-3-2-4-8-18)17-25(20,22(27)30)23(31)28-11-13-33-14-12-28/h2-10,20H,11-17H2,1H3,(H,26,32)/t20-,25+/m0/s1. The molecule has 3 heterocycles. The maximum atomic E-state index is 13.9. The smallest absolute Gasteiger partial charge is 0.317 e. The van der Waals surface area contributed by atoms with Gasteiger partial charge < -0.3 is 24.8 Å². The molecule has 8 nitrogen and oxygen atoms in total. The lowest BCUT2D eigenvalue weighted by molar-refractivity contribution is -0.153. The predicted molar refractivity (Wildman–Crippen MR) is 123 cm³/mol. The average Bonchev–Trinajstić information content (AvgIpc) is 3.29. The Kier molecular flexibility index (Phi) is 5.54. The van der Waals surface area contributed by atoms with Gasteiger partial charge in [-0.2, -0.15) is 0 Å². The molecule has 172 valence electrons. The van der Waals surface area contributed by atoms with E-state index in [2.05, 4.69) is 5.32 Å². The molecule has 0 radical (unpaired) electrons. The zero-order valence-corrected chi connectivity index (χ0v) is 18.7. The van der Waals surface area contributed by atoms with Gasteiger partial charge in [-0.15, -0.1) is 0 Å². The Balaban J connectivity index is 1.47. The maximum Gasteiger partial charge on any atom is 0.317 e. The summed E-state index contributed by atoms with van der Waals surface area (Å²) in [5, 5.41) is 2.95. The highest BCUT2D eigenvalue weighted by molar-refractivity contribution is 6.15. The van der Waals surface area contributed by atoms with Crippen molar-refractivity contribution in [1.82, 2.24) is 15.1 Å². The molecule has 0 saturated carbocycles. The van der Waals surface area contributed by atoms with Crippen molar-refractivity contribution in [2.24, 2.45) is 5.41 Å². The number of carbonyl (C=O) groups is 3. The number of morpholine rings is 1. The van der Waals surface area contributed by atoms with Gasteiger partial charge in [0.05, 0.1) is 13.2 Å². The number of urea groups is 1. The number of carbonyl (C=O) groups excluding carboxylic acids is 3. The molecule has 0 bridgehead atoms. The molecule has 0 spiro atoms. The van der Waals surface area contributed by atoms with E-state index in [1.807, 2.05) is 54.6 Å². The summed E-state index contributed by atoms with van der Waals surface area (Å²) in [6, 6.07) is 17.1. The van der Waals surface area contributed by atoms with Crippen LogP contribution in [0.1, 0.15) is 17.0 Å². The van der Waals surface area contributed by atoms with Crippen LogP contribution in [0.25, 0.3) is 0 Å². The minimum absolute atomic E-state index is 0.0615. The second kappa shape index (κ2) is 8.51. The summed E-state index contributed by atoms with van der Waals surface area (Å²) in [6.07, 6.45) is 0. The lowest BCUT2D eigenvalue weighted by atomic mass is 9.69. The highest BCUT2D eigenvalue weighted by Gasteiger charge is 2.63. The lowest BCUT2D eigenvalue weighted by Crippen LogP contribution is -2.60. The monoisotopic (exact) mass is 448 g/mol. The van der Waals surface area contributed by atoms with E-state index in [-0.39, 0.29) is 24.4 Å². The van der Waals surface area contributed by atoms with Crippen LogP contribution in [0.2, 0.25) is 0 Å². The van der Waals surface area contributed by atoms with Gasteiger partial charge in [-0.1, -0.05) is 48.5 Å². The van der Waals surface area contributed by atoms with Crippen LogP contribution < -0.4 is 10.2 Å². The first kappa shape index (κ1) is 21.5. The third-order valence-corrected chi connectivity index (χ3v) is 7.05. The second-order valence-electron chi connectivity index (χ2n) is 8.88. The molecular formula is C25H28N4O4. The molecule has 3 aliphatic heterocycles. The minimum Gasteiger partial charge on any atom is -0.378 e. The summed E-state index contributed by atoms with van der Waals surface area (Å²) in [5.41, 5.74) is 1.39. The Morgan fingerprint density at radius 1 is 1.03 bits per heavy atom. The summed E-state index contributed by atoms with van der Waals surface area (Å²) in [5.74, 6) is -0.850. The molecule has 0 aliphatic carbocycles. The van der Waals surface area contributed by atoms with Crippen molar-refractivity contribution in [3.63, 3.8) is 0 Å². The molecule has 2 aromatic rings. The van der Waals surface area contributed by atoms with Gasteiger partial charge in [0, 0.05) is 51.4 Å². The molecular weight excluding hydrogens is 420 g/mol. The van der Waals surface area contributed by atoms with Crippen molar-refractivity contribution in [2.75, 3.05) is 51.3 Å². The van der Waals surface area contributed by atoms with E-state index in [0.29, 0.717) is 39.4 Å². The Morgan fingerprint density at radius 3 is 2.48 bits per heavy atom. The minimum atomic E-state index is -1.33. The Morgan fingerprint density at radius 2 is 1.73 bits per heavy atom. The number of fused-ring (bicyclic) bond motifs is 3. The molecule has 33 heavy (non-hydrogen) atoms. The summed E-state index contributed by atoms with van der Waals surface area (Å²) < 4.78 is 5.42. The Bertz CT molecular complexity index is 1070. The van der Waals surface area contributed by atoms with Crippen LogP contribution >= 0.6 is 0 Å². The van der Waals surface area contributed by atoms with Crippen molar-refractivity contribution >= 4 is 23.5 Å². The number of para-hydroxylation sites is 1.